The molecular formula is C20H18BrFN2O3. The smallest absolute Gasteiger partial charge is 0.414 e. The van der Waals surface area contributed by atoms with Gasteiger partial charge >= 0.3 is 6.09 Å². The van der Waals surface area contributed by atoms with Crippen molar-refractivity contribution >= 4 is 33.6 Å². The van der Waals surface area contributed by atoms with Gasteiger partial charge in [-0.25, -0.2) is 9.18 Å². The van der Waals surface area contributed by atoms with Crippen LogP contribution >= 0.6 is 15.9 Å². The van der Waals surface area contributed by atoms with Crippen LogP contribution in [-0.2, 0) is 11.3 Å². The van der Waals surface area contributed by atoms with Crippen molar-refractivity contribution in [1.82, 2.24) is 4.90 Å². The minimum absolute atomic E-state index is 0.103. The highest BCUT2D eigenvalue weighted by Crippen LogP contribution is 2.22. The van der Waals surface area contributed by atoms with Crippen LogP contribution in [0.3, 0.4) is 0 Å². The molecule has 1 fully saturated rings. The first kappa shape index (κ1) is 19.1. The Morgan fingerprint density at radius 1 is 1.33 bits per heavy atom. The monoisotopic (exact) mass is 432 g/mol. The lowest BCUT2D eigenvalue weighted by atomic mass is 10.1. The molecule has 0 N–H and O–H groups in total. The molecule has 0 aromatic heterocycles. The number of amides is 2. The number of rotatable bonds is 6. The van der Waals surface area contributed by atoms with Crippen LogP contribution in [0.2, 0.25) is 0 Å². The molecule has 1 aliphatic heterocycles. The predicted octanol–water partition coefficient (Wildman–Crippen LogP) is 4.37. The zero-order valence-electron chi connectivity index (χ0n) is 14.5. The average Bonchev–Trinajstić information content (AvgIpc) is 3.10. The SMILES string of the molecule is C=CCN(Cc1cc(Br)ccc1F)C(=O)c1cccc(N2CCOC2=O)c1. The number of hydrogen-bond acceptors (Lipinski definition) is 3. The van der Waals surface area contributed by atoms with E-state index in [2.05, 4.69) is 22.5 Å². The molecule has 27 heavy (non-hydrogen) atoms. The molecule has 1 aliphatic rings. The Morgan fingerprint density at radius 2 is 2.15 bits per heavy atom. The maximum atomic E-state index is 14.1. The zero-order chi connectivity index (χ0) is 19.4. The van der Waals surface area contributed by atoms with Crippen molar-refractivity contribution < 1.29 is 18.7 Å². The maximum absolute atomic E-state index is 14.1. The highest BCUT2D eigenvalue weighted by Gasteiger charge is 2.25. The van der Waals surface area contributed by atoms with E-state index < -0.39 is 6.09 Å². The lowest BCUT2D eigenvalue weighted by Crippen LogP contribution is -2.31. The molecule has 1 saturated heterocycles. The average molecular weight is 433 g/mol. The topological polar surface area (TPSA) is 49.9 Å². The van der Waals surface area contributed by atoms with Gasteiger partial charge in [0.15, 0.2) is 0 Å². The molecule has 2 amide bonds. The fraction of sp³-hybridized carbons (Fsp3) is 0.200. The molecule has 0 spiro atoms. The number of ether oxygens (including phenoxy) is 1. The number of nitrogens with zero attached hydrogens (tertiary/aromatic N) is 2. The summed E-state index contributed by atoms with van der Waals surface area (Å²) in [6.07, 6.45) is 1.16. The number of carbonyl (C=O) groups excluding carboxylic acids is 2. The van der Waals surface area contributed by atoms with Crippen LogP contribution in [0.5, 0.6) is 0 Å². The fourth-order valence-electron chi connectivity index (χ4n) is 2.86. The first-order valence-electron chi connectivity index (χ1n) is 8.38. The number of hydrogen-bond donors (Lipinski definition) is 0. The summed E-state index contributed by atoms with van der Waals surface area (Å²) in [5.41, 5.74) is 1.40. The summed E-state index contributed by atoms with van der Waals surface area (Å²) in [5.74, 6) is -0.655. The van der Waals surface area contributed by atoms with E-state index in [1.54, 1.807) is 42.5 Å². The molecule has 0 saturated carbocycles. The largest absolute Gasteiger partial charge is 0.447 e. The molecule has 0 aliphatic carbocycles. The highest BCUT2D eigenvalue weighted by molar-refractivity contribution is 9.10. The number of halogens is 2. The van der Waals surface area contributed by atoms with Crippen molar-refractivity contribution in [2.24, 2.45) is 0 Å². The van der Waals surface area contributed by atoms with Crippen LogP contribution < -0.4 is 4.90 Å². The van der Waals surface area contributed by atoms with Gasteiger partial charge in [-0.2, -0.15) is 0 Å². The quantitative estimate of drug-likeness (QED) is 0.636. The van der Waals surface area contributed by atoms with Gasteiger partial charge in [-0.3, -0.25) is 9.69 Å². The van der Waals surface area contributed by atoms with Crippen molar-refractivity contribution in [2.75, 3.05) is 24.6 Å². The van der Waals surface area contributed by atoms with Crippen LogP contribution in [0.25, 0.3) is 0 Å². The highest BCUT2D eigenvalue weighted by atomic mass is 79.9. The Balaban J connectivity index is 1.85. The zero-order valence-corrected chi connectivity index (χ0v) is 16.1. The van der Waals surface area contributed by atoms with Gasteiger partial charge in [-0.1, -0.05) is 28.1 Å². The van der Waals surface area contributed by atoms with E-state index in [1.807, 2.05) is 0 Å². The summed E-state index contributed by atoms with van der Waals surface area (Å²) in [4.78, 5) is 27.7. The van der Waals surface area contributed by atoms with Gasteiger partial charge < -0.3 is 9.64 Å². The summed E-state index contributed by atoms with van der Waals surface area (Å²) in [6.45, 7) is 4.81. The standard InChI is InChI=1S/C20H18BrFN2O3/c1-2-8-23(13-15-11-16(21)6-7-18(15)22)19(25)14-4-3-5-17(12-14)24-9-10-27-20(24)26/h2-7,11-12H,1,8-10,13H2. The minimum Gasteiger partial charge on any atom is -0.447 e. The second-order valence-corrected chi connectivity index (χ2v) is 6.94. The molecule has 5 nitrogen and oxygen atoms in total. The molecule has 0 bridgehead atoms. The van der Waals surface area contributed by atoms with Crippen LogP contribution in [0.15, 0.2) is 59.6 Å². The maximum Gasteiger partial charge on any atom is 0.414 e. The summed E-state index contributed by atoms with van der Waals surface area (Å²) in [6, 6.07) is 11.4. The van der Waals surface area contributed by atoms with E-state index in [0.717, 1.165) is 4.47 Å². The molecular weight excluding hydrogens is 415 g/mol. The Labute approximate surface area is 165 Å². The number of carbonyl (C=O) groups is 2. The summed E-state index contributed by atoms with van der Waals surface area (Å²) in [7, 11) is 0. The van der Waals surface area contributed by atoms with Gasteiger partial charge in [0, 0.05) is 34.4 Å². The Morgan fingerprint density at radius 3 is 2.85 bits per heavy atom. The van der Waals surface area contributed by atoms with Crippen LogP contribution in [-0.4, -0.2) is 36.6 Å². The van der Waals surface area contributed by atoms with Crippen LogP contribution in [0, 0.1) is 5.82 Å². The summed E-state index contributed by atoms with van der Waals surface area (Å²) >= 11 is 3.32. The van der Waals surface area contributed by atoms with Crippen molar-refractivity contribution in [3.05, 3.63) is 76.5 Å². The van der Waals surface area contributed by atoms with E-state index in [0.29, 0.717) is 30.0 Å². The van der Waals surface area contributed by atoms with E-state index in [1.165, 1.54) is 15.9 Å². The van der Waals surface area contributed by atoms with E-state index in [-0.39, 0.29) is 24.8 Å². The first-order chi connectivity index (χ1) is 13.0. The number of anilines is 1. The molecule has 140 valence electrons. The second-order valence-electron chi connectivity index (χ2n) is 6.03. The van der Waals surface area contributed by atoms with Crippen LogP contribution in [0.4, 0.5) is 14.9 Å². The third kappa shape index (κ3) is 4.36. The predicted molar refractivity (Wildman–Crippen MR) is 104 cm³/mol. The third-order valence-electron chi connectivity index (χ3n) is 4.17. The van der Waals surface area contributed by atoms with Gasteiger partial charge in [-0.05, 0) is 36.4 Å². The molecule has 0 atom stereocenters. The Bertz CT molecular complexity index is 887. The molecule has 1 heterocycles. The normalized spacial score (nSPS) is 13.4. The summed E-state index contributed by atoms with van der Waals surface area (Å²) < 4.78 is 19.8. The summed E-state index contributed by atoms with van der Waals surface area (Å²) in [5, 5.41) is 0. The molecule has 0 radical (unpaired) electrons. The Hall–Kier alpha value is -2.67. The molecule has 2 aromatic carbocycles. The van der Waals surface area contributed by atoms with Gasteiger partial charge in [0.25, 0.3) is 5.91 Å². The molecule has 7 heteroatoms. The number of cyclic esters (lactones) is 1. The molecule has 0 unspecified atom stereocenters. The fourth-order valence-corrected chi connectivity index (χ4v) is 3.27. The third-order valence-corrected chi connectivity index (χ3v) is 4.66. The van der Waals surface area contributed by atoms with E-state index in [4.69, 9.17) is 4.74 Å². The van der Waals surface area contributed by atoms with E-state index >= 15 is 0 Å². The molecule has 3 rings (SSSR count). The minimum atomic E-state index is -0.432. The van der Waals surface area contributed by atoms with Crippen LogP contribution in [0.1, 0.15) is 15.9 Å². The molecule has 2 aromatic rings. The van der Waals surface area contributed by atoms with Gasteiger partial charge in [0.05, 0.1) is 6.54 Å². The number of benzene rings is 2. The van der Waals surface area contributed by atoms with Crippen molar-refractivity contribution in [3.63, 3.8) is 0 Å². The first-order valence-corrected chi connectivity index (χ1v) is 9.17. The van der Waals surface area contributed by atoms with Gasteiger partial charge in [0.2, 0.25) is 0 Å². The lowest BCUT2D eigenvalue weighted by molar-refractivity contribution is 0.0761. The second kappa shape index (κ2) is 8.35. The Kier molecular flexibility index (Phi) is 5.91. The lowest BCUT2D eigenvalue weighted by Gasteiger charge is -2.22. The van der Waals surface area contributed by atoms with Gasteiger partial charge in [0.1, 0.15) is 12.4 Å². The van der Waals surface area contributed by atoms with Crippen molar-refractivity contribution in [3.8, 4) is 0 Å². The van der Waals surface area contributed by atoms with Crippen molar-refractivity contribution in [1.29, 1.82) is 0 Å². The van der Waals surface area contributed by atoms with Gasteiger partial charge in [-0.15, -0.1) is 6.58 Å². The van der Waals surface area contributed by atoms with E-state index in [9.17, 15) is 14.0 Å². The van der Waals surface area contributed by atoms with Crippen molar-refractivity contribution in [2.45, 2.75) is 6.54 Å².